The van der Waals surface area contributed by atoms with Gasteiger partial charge in [0.25, 0.3) is 17.7 Å². The van der Waals surface area contributed by atoms with Gasteiger partial charge in [0.1, 0.15) is 11.4 Å². The number of aryl methyl sites for hydroxylation is 1. The van der Waals surface area contributed by atoms with E-state index in [1.165, 1.54) is 4.90 Å². The van der Waals surface area contributed by atoms with Gasteiger partial charge in [-0.25, -0.2) is 0 Å². The number of hydrogen-bond donors (Lipinski definition) is 1. The molecular weight excluding hydrogens is 444 g/mol. The molecule has 2 aromatic heterocycles. The molecule has 0 fully saturated rings. The van der Waals surface area contributed by atoms with Crippen LogP contribution in [0.5, 0.6) is 5.75 Å². The highest BCUT2D eigenvalue weighted by molar-refractivity contribution is 6.21. The first-order valence-corrected chi connectivity index (χ1v) is 11.0. The fourth-order valence-corrected chi connectivity index (χ4v) is 4.40. The normalized spacial score (nSPS) is 13.0. The number of carbonyl (C=O) groups excluding carboxylic acids is 2. The number of benzene rings is 3. The lowest BCUT2D eigenvalue weighted by Crippen LogP contribution is -2.29. The van der Waals surface area contributed by atoms with Crippen molar-refractivity contribution in [2.45, 2.75) is 13.5 Å². The third kappa shape index (κ3) is 3.34. The van der Waals surface area contributed by atoms with E-state index >= 15 is 0 Å². The fraction of sp³-hybridized carbons (Fsp3) is 0.0741. The van der Waals surface area contributed by atoms with Crippen LogP contribution in [0.25, 0.3) is 33.7 Å². The zero-order valence-corrected chi connectivity index (χ0v) is 18.6. The second kappa shape index (κ2) is 7.88. The molecular formula is C27H18N4O4. The molecule has 0 radical (unpaired) electrons. The van der Waals surface area contributed by atoms with Crippen molar-refractivity contribution in [1.82, 2.24) is 20.0 Å². The number of hydrogen-bond acceptors (Lipinski definition) is 7. The van der Waals surface area contributed by atoms with Crippen molar-refractivity contribution in [2.24, 2.45) is 0 Å². The summed E-state index contributed by atoms with van der Waals surface area (Å²) in [6.07, 6.45) is 1.68. The van der Waals surface area contributed by atoms with Crippen molar-refractivity contribution in [3.8, 4) is 28.7 Å². The van der Waals surface area contributed by atoms with E-state index in [0.29, 0.717) is 39.3 Å². The molecule has 8 nitrogen and oxygen atoms in total. The molecule has 3 heterocycles. The fourth-order valence-electron chi connectivity index (χ4n) is 4.40. The number of aromatic nitrogens is 3. The Kier molecular flexibility index (Phi) is 4.67. The number of amides is 2. The maximum atomic E-state index is 12.8. The summed E-state index contributed by atoms with van der Waals surface area (Å²) in [7, 11) is 0. The van der Waals surface area contributed by atoms with Gasteiger partial charge in [-0.05, 0) is 47.7 Å². The number of nitrogens with zero attached hydrogens (tertiary/aromatic N) is 4. The number of carbonyl (C=O) groups is 2. The van der Waals surface area contributed by atoms with Crippen LogP contribution in [-0.4, -0.2) is 36.9 Å². The summed E-state index contributed by atoms with van der Waals surface area (Å²) in [6.45, 7) is 1.78. The molecule has 0 saturated heterocycles. The van der Waals surface area contributed by atoms with Gasteiger partial charge in [-0.15, -0.1) is 0 Å². The third-order valence-corrected chi connectivity index (χ3v) is 6.12. The highest BCUT2D eigenvalue weighted by Gasteiger charge is 2.35. The molecule has 1 N–H and O–H groups in total. The molecule has 0 unspecified atom stereocenters. The zero-order valence-electron chi connectivity index (χ0n) is 18.6. The molecule has 3 aromatic carbocycles. The quantitative estimate of drug-likeness (QED) is 0.383. The molecule has 8 heteroatoms. The largest absolute Gasteiger partial charge is 0.507 e. The lowest BCUT2D eigenvalue weighted by Gasteiger charge is -2.15. The topological polar surface area (TPSA) is 109 Å². The molecule has 2 amide bonds. The van der Waals surface area contributed by atoms with Gasteiger partial charge in [-0.3, -0.25) is 19.5 Å². The molecule has 1 aliphatic rings. The molecule has 0 atom stereocenters. The monoisotopic (exact) mass is 462 g/mol. The van der Waals surface area contributed by atoms with Crippen LogP contribution in [-0.2, 0) is 6.54 Å². The third-order valence-electron chi connectivity index (χ3n) is 6.12. The first kappa shape index (κ1) is 20.7. The number of fused-ring (bicyclic) bond motifs is 2. The van der Waals surface area contributed by atoms with Crippen LogP contribution in [0.3, 0.4) is 0 Å². The second-order valence-corrected chi connectivity index (χ2v) is 8.35. The minimum absolute atomic E-state index is 0.0165. The molecule has 0 saturated carbocycles. The predicted octanol–water partition coefficient (Wildman–Crippen LogP) is 4.76. The first-order valence-electron chi connectivity index (χ1n) is 11.0. The number of phenolic OH excluding ortho intramolecular Hbond substituents is 1. The zero-order chi connectivity index (χ0) is 24.1. The second-order valence-electron chi connectivity index (χ2n) is 8.35. The summed E-state index contributed by atoms with van der Waals surface area (Å²) >= 11 is 0. The number of pyridine rings is 1. The van der Waals surface area contributed by atoms with Crippen LogP contribution in [0.2, 0.25) is 0 Å². The van der Waals surface area contributed by atoms with E-state index in [9.17, 15) is 14.7 Å². The van der Waals surface area contributed by atoms with E-state index in [1.54, 1.807) is 49.5 Å². The van der Waals surface area contributed by atoms with E-state index in [2.05, 4.69) is 15.1 Å². The summed E-state index contributed by atoms with van der Waals surface area (Å²) in [5.41, 5.74) is 2.85. The van der Waals surface area contributed by atoms with Crippen LogP contribution in [0.4, 0.5) is 0 Å². The van der Waals surface area contributed by atoms with Gasteiger partial charge in [-0.1, -0.05) is 47.6 Å². The van der Waals surface area contributed by atoms with Gasteiger partial charge in [0.2, 0.25) is 5.82 Å². The Hall–Kier alpha value is -4.85. The predicted molar refractivity (Wildman–Crippen MR) is 128 cm³/mol. The average Bonchev–Trinajstić information content (AvgIpc) is 3.46. The molecule has 0 spiro atoms. The van der Waals surface area contributed by atoms with E-state index < -0.39 is 0 Å². The molecule has 1 aliphatic heterocycles. The van der Waals surface area contributed by atoms with Crippen molar-refractivity contribution in [3.63, 3.8) is 0 Å². The number of imide groups is 1. The Balaban J connectivity index is 1.36. The lowest BCUT2D eigenvalue weighted by molar-refractivity contribution is 0.0642. The van der Waals surface area contributed by atoms with Gasteiger partial charge in [0, 0.05) is 11.6 Å². The van der Waals surface area contributed by atoms with E-state index in [-0.39, 0.29) is 30.0 Å². The Labute approximate surface area is 199 Å². The average molecular weight is 462 g/mol. The van der Waals surface area contributed by atoms with Gasteiger partial charge < -0.3 is 9.63 Å². The Morgan fingerprint density at radius 1 is 0.914 bits per heavy atom. The van der Waals surface area contributed by atoms with Gasteiger partial charge in [-0.2, -0.15) is 4.98 Å². The smallest absolute Gasteiger partial charge is 0.262 e. The maximum absolute atomic E-state index is 12.8. The van der Waals surface area contributed by atoms with Gasteiger partial charge in [0.15, 0.2) is 0 Å². The maximum Gasteiger partial charge on any atom is 0.262 e. The summed E-state index contributed by atoms with van der Waals surface area (Å²) in [5.74, 6) is -0.309. The minimum Gasteiger partial charge on any atom is -0.507 e. The molecule has 35 heavy (non-hydrogen) atoms. The minimum atomic E-state index is -0.347. The van der Waals surface area contributed by atoms with Crippen molar-refractivity contribution in [1.29, 1.82) is 0 Å². The van der Waals surface area contributed by atoms with Crippen LogP contribution >= 0.6 is 0 Å². The van der Waals surface area contributed by atoms with Crippen LogP contribution in [0.15, 0.2) is 77.4 Å². The van der Waals surface area contributed by atoms with Crippen LogP contribution < -0.4 is 0 Å². The Morgan fingerprint density at radius 2 is 1.63 bits per heavy atom. The number of rotatable bonds is 4. The summed E-state index contributed by atoms with van der Waals surface area (Å²) in [6, 6.07) is 19.8. The summed E-state index contributed by atoms with van der Waals surface area (Å²) in [5, 5.41) is 16.7. The standard InChI is InChI=1S/C27H18N4O4/c1-15-12-16(14-31-26(33)19-8-4-5-9-20(19)27(31)34)13-21(23(15)32)25-29-24(30-35-25)22-18-7-3-2-6-17(18)10-11-28-22/h2-13,32H,14H2,1H3. The van der Waals surface area contributed by atoms with E-state index in [0.717, 1.165) is 10.8 Å². The Morgan fingerprint density at radius 3 is 2.40 bits per heavy atom. The van der Waals surface area contributed by atoms with Crippen molar-refractivity contribution >= 4 is 22.6 Å². The van der Waals surface area contributed by atoms with Crippen molar-refractivity contribution in [2.75, 3.05) is 0 Å². The molecule has 0 bridgehead atoms. The summed E-state index contributed by atoms with van der Waals surface area (Å²) in [4.78, 5) is 35.7. The Bertz CT molecular complexity index is 1620. The SMILES string of the molecule is Cc1cc(CN2C(=O)c3ccccc3C2=O)cc(-c2nc(-c3nccc4ccccc34)no2)c1O. The van der Waals surface area contributed by atoms with Crippen molar-refractivity contribution in [3.05, 3.63) is 95.2 Å². The molecule has 6 rings (SSSR count). The first-order chi connectivity index (χ1) is 17.0. The van der Waals surface area contributed by atoms with Gasteiger partial charge >= 0.3 is 0 Å². The summed E-state index contributed by atoms with van der Waals surface area (Å²) < 4.78 is 5.50. The highest BCUT2D eigenvalue weighted by atomic mass is 16.5. The lowest BCUT2D eigenvalue weighted by atomic mass is 10.0. The van der Waals surface area contributed by atoms with Gasteiger partial charge in [0.05, 0.1) is 23.2 Å². The number of aromatic hydroxyl groups is 1. The highest BCUT2D eigenvalue weighted by Crippen LogP contribution is 2.35. The van der Waals surface area contributed by atoms with E-state index in [4.69, 9.17) is 4.52 Å². The van der Waals surface area contributed by atoms with E-state index in [1.807, 2.05) is 30.3 Å². The van der Waals surface area contributed by atoms with Crippen LogP contribution in [0, 0.1) is 6.92 Å². The number of phenols is 1. The van der Waals surface area contributed by atoms with Crippen LogP contribution in [0.1, 0.15) is 31.8 Å². The molecule has 170 valence electrons. The molecule has 5 aromatic rings. The van der Waals surface area contributed by atoms with Crippen molar-refractivity contribution < 1.29 is 19.2 Å². The molecule has 0 aliphatic carbocycles.